The molecule has 37 heavy (non-hydrogen) atoms. The average Bonchev–Trinajstić information content (AvgIpc) is 3.38. The SMILES string of the molecule is O=C(O)C1(NS(=O)(=O)c2ccc(-c3ccc(Cl)cc3)s2)CC1c1cccc(NS(=O)N2CCOCC2)c1. The van der Waals surface area contributed by atoms with Gasteiger partial charge in [0.1, 0.15) is 9.75 Å². The van der Waals surface area contributed by atoms with Crippen LogP contribution in [-0.4, -0.2) is 59.8 Å². The highest BCUT2D eigenvalue weighted by molar-refractivity contribution is 7.91. The van der Waals surface area contributed by atoms with Crippen LogP contribution in [0.3, 0.4) is 0 Å². The number of thiophene rings is 1. The van der Waals surface area contributed by atoms with Crippen molar-refractivity contribution in [1.29, 1.82) is 0 Å². The lowest BCUT2D eigenvalue weighted by Crippen LogP contribution is -2.44. The summed E-state index contributed by atoms with van der Waals surface area (Å²) >= 11 is 5.52. The van der Waals surface area contributed by atoms with Gasteiger partial charge in [-0.2, -0.15) is 4.72 Å². The molecule has 3 atom stereocenters. The zero-order valence-electron chi connectivity index (χ0n) is 19.4. The van der Waals surface area contributed by atoms with E-state index in [-0.39, 0.29) is 10.6 Å². The fourth-order valence-electron chi connectivity index (χ4n) is 4.28. The van der Waals surface area contributed by atoms with E-state index >= 15 is 0 Å². The quantitative estimate of drug-likeness (QED) is 0.354. The Kier molecular flexibility index (Phi) is 7.42. The number of morpholine rings is 1. The largest absolute Gasteiger partial charge is 0.480 e. The molecule has 196 valence electrons. The molecule has 9 nitrogen and oxygen atoms in total. The number of nitrogens with zero attached hydrogens (tertiary/aromatic N) is 1. The Hall–Kier alpha value is -2.32. The van der Waals surface area contributed by atoms with Crippen LogP contribution in [0.15, 0.2) is 64.9 Å². The van der Waals surface area contributed by atoms with E-state index in [0.717, 1.165) is 21.8 Å². The van der Waals surface area contributed by atoms with Crippen LogP contribution in [0.2, 0.25) is 5.02 Å². The number of hydrogen-bond acceptors (Lipinski definition) is 6. The molecule has 2 heterocycles. The summed E-state index contributed by atoms with van der Waals surface area (Å²) in [7, 11) is -4.10. The van der Waals surface area contributed by atoms with Crippen molar-refractivity contribution < 1.29 is 27.3 Å². The molecule has 3 N–H and O–H groups in total. The van der Waals surface area contributed by atoms with E-state index in [4.69, 9.17) is 16.3 Å². The van der Waals surface area contributed by atoms with Crippen molar-refractivity contribution >= 4 is 55.8 Å². The number of sulfonamides is 1. The predicted octanol–water partition coefficient (Wildman–Crippen LogP) is 3.68. The second-order valence-electron chi connectivity index (χ2n) is 8.78. The summed E-state index contributed by atoms with van der Waals surface area (Å²) in [6, 6.07) is 17.1. The Bertz CT molecular complexity index is 1440. The van der Waals surface area contributed by atoms with Crippen LogP contribution in [0.5, 0.6) is 0 Å². The molecule has 0 amide bonds. The van der Waals surface area contributed by atoms with Gasteiger partial charge >= 0.3 is 5.97 Å². The maximum Gasteiger partial charge on any atom is 0.325 e. The average molecular weight is 582 g/mol. The molecule has 2 aromatic carbocycles. The van der Waals surface area contributed by atoms with Crippen LogP contribution in [0.25, 0.3) is 10.4 Å². The Balaban J connectivity index is 1.32. The minimum Gasteiger partial charge on any atom is -0.480 e. The molecule has 0 radical (unpaired) electrons. The Morgan fingerprint density at radius 2 is 1.86 bits per heavy atom. The number of benzene rings is 2. The molecule has 2 fully saturated rings. The Morgan fingerprint density at radius 3 is 2.57 bits per heavy atom. The zero-order chi connectivity index (χ0) is 26.2. The summed E-state index contributed by atoms with van der Waals surface area (Å²) in [5.74, 6) is -1.82. The number of aliphatic carboxylic acids is 1. The van der Waals surface area contributed by atoms with Gasteiger partial charge in [0, 0.05) is 34.6 Å². The molecule has 13 heteroatoms. The van der Waals surface area contributed by atoms with E-state index in [0.29, 0.717) is 42.6 Å². The molecule has 1 aliphatic carbocycles. The van der Waals surface area contributed by atoms with Crippen molar-refractivity contribution in [2.75, 3.05) is 31.0 Å². The molecule has 1 saturated heterocycles. The lowest BCUT2D eigenvalue weighted by molar-refractivity contribution is -0.140. The first-order chi connectivity index (χ1) is 17.7. The summed E-state index contributed by atoms with van der Waals surface area (Å²) in [4.78, 5) is 13.0. The smallest absolute Gasteiger partial charge is 0.325 e. The first-order valence-corrected chi connectivity index (χ1v) is 15.2. The monoisotopic (exact) mass is 581 g/mol. The van der Waals surface area contributed by atoms with Gasteiger partial charge in [-0.05, 0) is 53.9 Å². The van der Waals surface area contributed by atoms with E-state index < -0.39 is 38.6 Å². The highest BCUT2D eigenvalue weighted by atomic mass is 35.5. The standard InChI is InChI=1S/C24H24ClN3O6S3/c25-18-6-4-16(5-7-18)21-8-9-22(35-21)37(32,33)27-24(23(29)30)15-20(24)17-2-1-3-19(14-17)26-36(31)28-10-12-34-13-11-28/h1-9,14,20,26-27H,10-13,15H2,(H,29,30). The molecule has 3 unspecified atom stereocenters. The van der Waals surface area contributed by atoms with Crippen molar-refractivity contribution in [3.05, 3.63) is 71.2 Å². The summed E-state index contributed by atoms with van der Waals surface area (Å²) in [6.07, 6.45) is 0.104. The molecular formula is C24H24ClN3O6S3. The number of carboxylic acids is 1. The topological polar surface area (TPSA) is 125 Å². The predicted molar refractivity (Wildman–Crippen MR) is 143 cm³/mol. The molecule has 2 aliphatic rings. The third kappa shape index (κ3) is 5.60. The Morgan fingerprint density at radius 1 is 1.14 bits per heavy atom. The first kappa shape index (κ1) is 26.3. The third-order valence-corrected chi connectivity index (χ3v) is 11.0. The van der Waals surface area contributed by atoms with Gasteiger partial charge in [-0.3, -0.25) is 9.52 Å². The lowest BCUT2D eigenvalue weighted by atomic mass is 10.1. The lowest BCUT2D eigenvalue weighted by Gasteiger charge is -2.25. The van der Waals surface area contributed by atoms with Crippen molar-refractivity contribution in [2.24, 2.45) is 0 Å². The van der Waals surface area contributed by atoms with Crippen molar-refractivity contribution in [3.63, 3.8) is 0 Å². The van der Waals surface area contributed by atoms with E-state index in [9.17, 15) is 22.5 Å². The summed E-state index contributed by atoms with van der Waals surface area (Å²) in [5, 5.41) is 10.6. The molecule has 1 saturated carbocycles. The number of halogens is 1. The van der Waals surface area contributed by atoms with Gasteiger partial charge in [-0.15, -0.1) is 11.3 Å². The van der Waals surface area contributed by atoms with Crippen molar-refractivity contribution in [1.82, 2.24) is 9.03 Å². The fraction of sp³-hybridized carbons (Fsp3) is 0.292. The van der Waals surface area contributed by atoms with E-state index in [1.54, 1.807) is 58.9 Å². The molecule has 5 rings (SSSR count). The van der Waals surface area contributed by atoms with Gasteiger partial charge in [0.2, 0.25) is 0 Å². The number of hydrogen-bond donors (Lipinski definition) is 3. The van der Waals surface area contributed by atoms with E-state index in [1.165, 1.54) is 6.07 Å². The number of anilines is 1. The van der Waals surface area contributed by atoms with Crippen LogP contribution in [0, 0.1) is 0 Å². The number of carboxylic acid groups (broad SMARTS) is 1. The summed E-state index contributed by atoms with van der Waals surface area (Å²) in [6.45, 7) is 2.08. The van der Waals surface area contributed by atoms with Crippen LogP contribution >= 0.6 is 22.9 Å². The summed E-state index contributed by atoms with van der Waals surface area (Å²) < 4.78 is 51.5. The number of nitrogens with one attached hydrogen (secondary N) is 2. The zero-order valence-corrected chi connectivity index (χ0v) is 22.6. The maximum absolute atomic E-state index is 13.2. The fourth-order valence-corrected chi connectivity index (χ4v) is 8.06. The van der Waals surface area contributed by atoms with Crippen molar-refractivity contribution in [3.8, 4) is 10.4 Å². The van der Waals surface area contributed by atoms with Crippen LogP contribution in [-0.2, 0) is 30.7 Å². The van der Waals surface area contributed by atoms with Gasteiger partial charge in [-0.25, -0.2) is 16.9 Å². The van der Waals surface area contributed by atoms with E-state index in [1.807, 2.05) is 0 Å². The third-order valence-electron chi connectivity index (χ3n) is 6.33. The second-order valence-corrected chi connectivity index (χ2v) is 13.4. The second kappa shape index (κ2) is 10.4. The normalized spacial score (nSPS) is 22.9. The van der Waals surface area contributed by atoms with Gasteiger partial charge in [0.05, 0.1) is 13.2 Å². The highest BCUT2D eigenvalue weighted by Crippen LogP contribution is 2.53. The minimum atomic E-state index is -4.10. The highest BCUT2D eigenvalue weighted by Gasteiger charge is 2.63. The van der Waals surface area contributed by atoms with Crippen LogP contribution in [0.1, 0.15) is 17.9 Å². The molecule has 1 aliphatic heterocycles. The first-order valence-electron chi connectivity index (χ1n) is 11.4. The molecule has 0 spiro atoms. The molecule has 0 bridgehead atoms. The van der Waals surface area contributed by atoms with Gasteiger partial charge in [0.25, 0.3) is 10.0 Å². The minimum absolute atomic E-state index is 0.0278. The van der Waals surface area contributed by atoms with Crippen molar-refractivity contribution in [2.45, 2.75) is 22.1 Å². The van der Waals surface area contributed by atoms with Crippen LogP contribution < -0.4 is 9.44 Å². The van der Waals surface area contributed by atoms with Crippen LogP contribution in [0.4, 0.5) is 5.69 Å². The molecule has 1 aromatic heterocycles. The molecule has 3 aromatic rings. The number of rotatable bonds is 9. The number of carbonyl (C=O) groups is 1. The maximum atomic E-state index is 13.2. The Labute approximate surface area is 226 Å². The van der Waals surface area contributed by atoms with Gasteiger partial charge in [0.15, 0.2) is 11.2 Å². The summed E-state index contributed by atoms with van der Waals surface area (Å²) in [5.41, 5.74) is 0.349. The van der Waals surface area contributed by atoms with Gasteiger partial charge in [-0.1, -0.05) is 35.9 Å². The number of ether oxygens (including phenoxy) is 1. The van der Waals surface area contributed by atoms with E-state index in [2.05, 4.69) is 9.44 Å². The molecular weight excluding hydrogens is 558 g/mol. The van der Waals surface area contributed by atoms with Gasteiger partial charge < -0.3 is 9.84 Å².